The minimum Gasteiger partial charge on any atom is -0.506 e. The summed E-state index contributed by atoms with van der Waals surface area (Å²) in [6, 6.07) is 8.94. The Labute approximate surface area is 158 Å². The van der Waals surface area contributed by atoms with Gasteiger partial charge in [0.2, 0.25) is 5.91 Å². The van der Waals surface area contributed by atoms with E-state index in [-0.39, 0.29) is 23.6 Å². The number of hydrogen-bond acceptors (Lipinski definition) is 5. The lowest BCUT2D eigenvalue weighted by atomic mass is 10.1. The molecule has 2 amide bonds. The van der Waals surface area contributed by atoms with Crippen molar-refractivity contribution in [2.45, 2.75) is 31.8 Å². The highest BCUT2D eigenvalue weighted by Gasteiger charge is 2.24. The highest BCUT2D eigenvalue weighted by molar-refractivity contribution is 5.94. The predicted molar refractivity (Wildman–Crippen MR) is 99.4 cm³/mol. The summed E-state index contributed by atoms with van der Waals surface area (Å²) in [7, 11) is 1.62. The van der Waals surface area contributed by atoms with Crippen LogP contribution in [0.2, 0.25) is 0 Å². The largest absolute Gasteiger partial charge is 0.506 e. The van der Waals surface area contributed by atoms with Crippen molar-refractivity contribution in [2.75, 3.05) is 13.7 Å². The van der Waals surface area contributed by atoms with Crippen molar-refractivity contribution in [3.05, 3.63) is 53.9 Å². The molecular weight excluding hydrogens is 346 g/mol. The summed E-state index contributed by atoms with van der Waals surface area (Å²) in [5.74, 6) is 0.494. The van der Waals surface area contributed by atoms with Gasteiger partial charge in [0.05, 0.1) is 18.9 Å². The third-order valence-corrected chi connectivity index (χ3v) is 4.64. The first-order chi connectivity index (χ1) is 13.0. The summed E-state index contributed by atoms with van der Waals surface area (Å²) in [5, 5.41) is 12.4. The molecule has 1 aliphatic heterocycles. The van der Waals surface area contributed by atoms with Crippen LogP contribution < -0.4 is 10.1 Å². The standard InChI is InChI=1S/C20H23N3O4/c1-27-18-4-2-3-14(9-18)13-23-8-7-16(5-6-19(23)25)22-20(26)15-10-17(24)12-21-11-15/h2-4,9-12,16,24H,5-8,13H2,1H3,(H,22,26). The Morgan fingerprint density at radius 1 is 1.33 bits per heavy atom. The van der Waals surface area contributed by atoms with E-state index in [0.29, 0.717) is 37.9 Å². The fraction of sp³-hybridized carbons (Fsp3) is 0.350. The van der Waals surface area contributed by atoms with Crippen molar-refractivity contribution in [2.24, 2.45) is 0 Å². The molecule has 0 spiro atoms. The lowest BCUT2D eigenvalue weighted by molar-refractivity contribution is -0.131. The Bertz CT molecular complexity index is 824. The maximum atomic E-state index is 12.5. The molecule has 1 aromatic heterocycles. The van der Waals surface area contributed by atoms with Gasteiger partial charge >= 0.3 is 0 Å². The Morgan fingerprint density at radius 3 is 2.96 bits per heavy atom. The first-order valence-electron chi connectivity index (χ1n) is 8.91. The van der Waals surface area contributed by atoms with Crippen LogP contribution >= 0.6 is 0 Å². The number of aromatic hydroxyl groups is 1. The summed E-state index contributed by atoms with van der Waals surface area (Å²) in [5.41, 5.74) is 1.31. The molecule has 0 radical (unpaired) electrons. The normalized spacial score (nSPS) is 17.3. The number of amides is 2. The SMILES string of the molecule is COc1cccc(CN2CCC(NC(=O)c3cncc(O)c3)CCC2=O)c1. The highest BCUT2D eigenvalue weighted by Crippen LogP contribution is 2.19. The molecule has 1 aromatic carbocycles. The Balaban J connectivity index is 1.60. The van der Waals surface area contributed by atoms with Gasteiger partial charge in [0.15, 0.2) is 0 Å². The fourth-order valence-corrected chi connectivity index (χ4v) is 3.16. The van der Waals surface area contributed by atoms with Crippen molar-refractivity contribution < 1.29 is 19.4 Å². The number of nitrogens with one attached hydrogen (secondary N) is 1. The average molecular weight is 369 g/mol. The van der Waals surface area contributed by atoms with Crippen LogP contribution in [-0.4, -0.2) is 46.5 Å². The van der Waals surface area contributed by atoms with Crippen molar-refractivity contribution in [3.8, 4) is 11.5 Å². The summed E-state index contributed by atoms with van der Waals surface area (Å²) < 4.78 is 5.23. The molecule has 7 nitrogen and oxygen atoms in total. The number of hydrogen-bond donors (Lipinski definition) is 2. The summed E-state index contributed by atoms with van der Waals surface area (Å²) in [6.07, 6.45) is 4.33. The summed E-state index contributed by atoms with van der Waals surface area (Å²) in [4.78, 5) is 30.4. The van der Waals surface area contributed by atoms with Gasteiger partial charge < -0.3 is 20.1 Å². The van der Waals surface area contributed by atoms with Crippen molar-refractivity contribution in [1.82, 2.24) is 15.2 Å². The van der Waals surface area contributed by atoms with Gasteiger partial charge in [-0.25, -0.2) is 0 Å². The van der Waals surface area contributed by atoms with E-state index in [0.717, 1.165) is 11.3 Å². The minimum absolute atomic E-state index is 0.0526. The van der Waals surface area contributed by atoms with Crippen molar-refractivity contribution >= 4 is 11.8 Å². The molecule has 2 aromatic rings. The second-order valence-electron chi connectivity index (χ2n) is 6.60. The second kappa shape index (κ2) is 8.53. The van der Waals surface area contributed by atoms with Gasteiger partial charge in [-0.15, -0.1) is 0 Å². The van der Waals surface area contributed by atoms with Crippen LogP contribution in [-0.2, 0) is 11.3 Å². The molecule has 2 N–H and O–H groups in total. The molecule has 1 atom stereocenters. The van der Waals surface area contributed by atoms with E-state index in [1.54, 1.807) is 7.11 Å². The van der Waals surface area contributed by atoms with Crippen molar-refractivity contribution in [3.63, 3.8) is 0 Å². The number of likely N-dealkylation sites (tertiary alicyclic amines) is 1. The molecule has 0 bridgehead atoms. The molecule has 1 fully saturated rings. The van der Waals surface area contributed by atoms with Gasteiger partial charge in [-0.05, 0) is 36.6 Å². The number of pyridine rings is 1. The first kappa shape index (κ1) is 18.7. The quantitative estimate of drug-likeness (QED) is 0.842. The predicted octanol–water partition coefficient (Wildman–Crippen LogP) is 2.11. The van der Waals surface area contributed by atoms with Gasteiger partial charge in [0.1, 0.15) is 11.5 Å². The Kier molecular flexibility index (Phi) is 5.90. The molecule has 0 aliphatic carbocycles. The molecule has 0 saturated carbocycles. The van der Waals surface area contributed by atoms with Gasteiger partial charge in [-0.2, -0.15) is 0 Å². The Morgan fingerprint density at radius 2 is 2.19 bits per heavy atom. The number of benzene rings is 1. The molecule has 1 unspecified atom stereocenters. The van der Waals surface area contributed by atoms with Gasteiger partial charge in [-0.3, -0.25) is 14.6 Å². The number of carbonyl (C=O) groups is 2. The first-order valence-corrected chi connectivity index (χ1v) is 8.91. The summed E-state index contributed by atoms with van der Waals surface area (Å²) >= 11 is 0. The van der Waals surface area contributed by atoms with E-state index in [4.69, 9.17) is 4.74 Å². The highest BCUT2D eigenvalue weighted by atomic mass is 16.5. The number of carbonyl (C=O) groups excluding carboxylic acids is 2. The van der Waals surface area contributed by atoms with Gasteiger partial charge in [0.25, 0.3) is 5.91 Å². The second-order valence-corrected chi connectivity index (χ2v) is 6.60. The third-order valence-electron chi connectivity index (χ3n) is 4.64. The van der Waals surface area contributed by atoms with Gasteiger partial charge in [-0.1, -0.05) is 12.1 Å². The van der Waals surface area contributed by atoms with Crippen molar-refractivity contribution in [1.29, 1.82) is 0 Å². The Hall–Kier alpha value is -3.09. The molecule has 142 valence electrons. The van der Waals surface area contributed by atoms with Gasteiger partial charge in [0, 0.05) is 31.7 Å². The van der Waals surface area contributed by atoms with E-state index in [2.05, 4.69) is 10.3 Å². The van der Waals surface area contributed by atoms with Crippen LogP contribution in [0.5, 0.6) is 11.5 Å². The topological polar surface area (TPSA) is 91.8 Å². The van der Waals surface area contributed by atoms with Crippen LogP contribution in [0.15, 0.2) is 42.7 Å². The van der Waals surface area contributed by atoms with Crippen LogP contribution in [0.1, 0.15) is 35.2 Å². The molecule has 1 saturated heterocycles. The fourth-order valence-electron chi connectivity index (χ4n) is 3.16. The monoisotopic (exact) mass is 369 g/mol. The maximum Gasteiger partial charge on any atom is 0.253 e. The van der Waals surface area contributed by atoms with E-state index in [9.17, 15) is 14.7 Å². The molecule has 27 heavy (non-hydrogen) atoms. The van der Waals surface area contributed by atoms with Crippen LogP contribution in [0.4, 0.5) is 0 Å². The average Bonchev–Trinajstić information content (AvgIpc) is 2.84. The number of nitrogens with zero attached hydrogens (tertiary/aromatic N) is 2. The lowest BCUT2D eigenvalue weighted by Gasteiger charge is -2.21. The molecular formula is C20H23N3O4. The van der Waals surface area contributed by atoms with E-state index in [1.807, 2.05) is 29.2 Å². The molecule has 2 heterocycles. The molecule has 7 heteroatoms. The van der Waals surface area contributed by atoms with Crippen LogP contribution in [0, 0.1) is 0 Å². The summed E-state index contributed by atoms with van der Waals surface area (Å²) in [6.45, 7) is 1.09. The lowest BCUT2D eigenvalue weighted by Crippen LogP contribution is -2.36. The smallest absolute Gasteiger partial charge is 0.253 e. The number of aromatic nitrogens is 1. The van der Waals surface area contributed by atoms with Crippen LogP contribution in [0.3, 0.4) is 0 Å². The van der Waals surface area contributed by atoms with Crippen LogP contribution in [0.25, 0.3) is 0 Å². The molecule has 3 rings (SSSR count). The van der Waals surface area contributed by atoms with E-state index >= 15 is 0 Å². The van der Waals surface area contributed by atoms with E-state index in [1.165, 1.54) is 18.5 Å². The maximum absolute atomic E-state index is 12.5. The third kappa shape index (κ3) is 4.97. The minimum atomic E-state index is -0.294. The number of methoxy groups -OCH3 is 1. The zero-order chi connectivity index (χ0) is 19.2. The number of rotatable bonds is 5. The van der Waals surface area contributed by atoms with E-state index < -0.39 is 0 Å². The zero-order valence-corrected chi connectivity index (χ0v) is 15.2. The molecule has 1 aliphatic rings. The number of ether oxygens (including phenoxy) is 1. The zero-order valence-electron chi connectivity index (χ0n) is 15.2.